The Balaban J connectivity index is 2.03. The van der Waals surface area contributed by atoms with Crippen molar-refractivity contribution in [3.05, 3.63) is 52.6 Å². The number of carbonyl (C=O) groups excluding carboxylic acids is 1. The molecule has 7 heteroatoms. The van der Waals surface area contributed by atoms with Crippen LogP contribution in [0.25, 0.3) is 0 Å². The van der Waals surface area contributed by atoms with E-state index in [2.05, 4.69) is 15.3 Å². The number of imidazole rings is 1. The Morgan fingerprint density at radius 2 is 2.00 bits per heavy atom. The maximum atomic E-state index is 11.8. The van der Waals surface area contributed by atoms with Crippen molar-refractivity contribution >= 4 is 23.5 Å². The maximum absolute atomic E-state index is 11.8. The summed E-state index contributed by atoms with van der Waals surface area (Å²) in [6.07, 6.45) is 1.17. The van der Waals surface area contributed by atoms with Gasteiger partial charge in [-0.15, -0.1) is 0 Å². The lowest BCUT2D eigenvalue weighted by Gasteiger charge is -2.04. The summed E-state index contributed by atoms with van der Waals surface area (Å²) in [4.78, 5) is 28.7. The number of carbonyl (C=O) groups is 2. The lowest BCUT2D eigenvalue weighted by atomic mass is 10.2. The molecule has 2 rings (SSSR count). The third-order valence-corrected chi connectivity index (χ3v) is 2.69. The lowest BCUT2D eigenvalue weighted by molar-refractivity contribution is 0.0685. The molecule has 0 aliphatic rings. The van der Waals surface area contributed by atoms with Crippen molar-refractivity contribution in [3.63, 3.8) is 0 Å². The third-order valence-electron chi connectivity index (χ3n) is 2.43. The first-order valence-corrected chi connectivity index (χ1v) is 5.75. The Kier molecular flexibility index (Phi) is 3.82. The molecule has 0 aliphatic heterocycles. The number of carboxylic acids is 1. The molecule has 19 heavy (non-hydrogen) atoms. The molecule has 1 amide bonds. The molecule has 0 unspecified atom stereocenters. The van der Waals surface area contributed by atoms with E-state index in [0.717, 1.165) is 5.56 Å². The number of aromatic nitrogens is 2. The van der Waals surface area contributed by atoms with E-state index >= 15 is 0 Å². The molecule has 6 nitrogen and oxygen atoms in total. The topological polar surface area (TPSA) is 95.1 Å². The van der Waals surface area contributed by atoms with Gasteiger partial charge in [0.15, 0.2) is 11.4 Å². The van der Waals surface area contributed by atoms with Gasteiger partial charge in [0.1, 0.15) is 0 Å². The van der Waals surface area contributed by atoms with Crippen molar-refractivity contribution in [2.45, 2.75) is 6.54 Å². The quantitative estimate of drug-likeness (QED) is 0.794. The average Bonchev–Trinajstić information content (AvgIpc) is 2.87. The van der Waals surface area contributed by atoms with Crippen molar-refractivity contribution in [3.8, 4) is 0 Å². The van der Waals surface area contributed by atoms with Crippen LogP contribution in [0.1, 0.15) is 26.5 Å². The molecule has 1 aromatic heterocycles. The van der Waals surface area contributed by atoms with E-state index in [-0.39, 0.29) is 17.9 Å². The van der Waals surface area contributed by atoms with Gasteiger partial charge in [0, 0.05) is 11.6 Å². The van der Waals surface area contributed by atoms with Crippen LogP contribution in [0.4, 0.5) is 0 Å². The molecule has 98 valence electrons. The molecule has 0 atom stereocenters. The van der Waals surface area contributed by atoms with Gasteiger partial charge in [0.25, 0.3) is 5.91 Å². The van der Waals surface area contributed by atoms with E-state index < -0.39 is 11.9 Å². The summed E-state index contributed by atoms with van der Waals surface area (Å²) in [5.74, 6) is -1.78. The third kappa shape index (κ3) is 3.11. The van der Waals surface area contributed by atoms with Crippen LogP contribution in [0.3, 0.4) is 0 Å². The van der Waals surface area contributed by atoms with Crippen molar-refractivity contribution in [2.24, 2.45) is 0 Å². The summed E-state index contributed by atoms with van der Waals surface area (Å²) >= 11 is 5.74. The normalized spacial score (nSPS) is 10.2. The zero-order valence-corrected chi connectivity index (χ0v) is 10.4. The molecule has 0 saturated heterocycles. The van der Waals surface area contributed by atoms with Gasteiger partial charge < -0.3 is 15.4 Å². The Hall–Kier alpha value is -2.34. The molecule has 0 bridgehead atoms. The van der Waals surface area contributed by atoms with Gasteiger partial charge in [-0.25, -0.2) is 9.78 Å². The Bertz CT molecular complexity index is 607. The van der Waals surface area contributed by atoms with E-state index in [4.69, 9.17) is 16.7 Å². The highest BCUT2D eigenvalue weighted by atomic mass is 35.5. The van der Waals surface area contributed by atoms with Crippen LogP contribution in [0.2, 0.25) is 5.02 Å². The van der Waals surface area contributed by atoms with E-state index in [1.165, 1.54) is 6.33 Å². The van der Waals surface area contributed by atoms with Crippen LogP contribution in [0, 0.1) is 0 Å². The van der Waals surface area contributed by atoms with Crippen molar-refractivity contribution in [1.82, 2.24) is 15.3 Å². The van der Waals surface area contributed by atoms with E-state index in [1.807, 2.05) is 0 Å². The number of amides is 1. The van der Waals surface area contributed by atoms with Gasteiger partial charge in [-0.3, -0.25) is 4.79 Å². The fourth-order valence-corrected chi connectivity index (χ4v) is 1.62. The summed E-state index contributed by atoms with van der Waals surface area (Å²) in [7, 11) is 0. The second kappa shape index (κ2) is 5.53. The number of carboxylic acid groups (broad SMARTS) is 1. The van der Waals surface area contributed by atoms with Crippen LogP contribution in [0.15, 0.2) is 30.6 Å². The first-order valence-electron chi connectivity index (χ1n) is 5.37. The van der Waals surface area contributed by atoms with Crippen LogP contribution >= 0.6 is 11.6 Å². The molecule has 1 heterocycles. The Morgan fingerprint density at radius 3 is 2.63 bits per heavy atom. The van der Waals surface area contributed by atoms with Crippen LogP contribution < -0.4 is 5.32 Å². The fourth-order valence-electron chi connectivity index (χ4n) is 1.50. The fraction of sp³-hybridized carbons (Fsp3) is 0.0833. The number of nitrogens with zero attached hydrogens (tertiary/aromatic N) is 1. The highest BCUT2D eigenvalue weighted by molar-refractivity contribution is 6.30. The van der Waals surface area contributed by atoms with E-state index in [9.17, 15) is 9.59 Å². The number of rotatable bonds is 4. The first-order chi connectivity index (χ1) is 9.08. The minimum atomic E-state index is -1.23. The number of halogens is 1. The molecule has 3 N–H and O–H groups in total. The van der Waals surface area contributed by atoms with Gasteiger partial charge in [-0.2, -0.15) is 0 Å². The number of benzene rings is 1. The molecule has 0 radical (unpaired) electrons. The van der Waals surface area contributed by atoms with Gasteiger partial charge in [-0.1, -0.05) is 23.7 Å². The van der Waals surface area contributed by atoms with Gasteiger partial charge in [-0.05, 0) is 17.7 Å². The first kappa shape index (κ1) is 13.1. The minimum Gasteiger partial charge on any atom is -0.477 e. The summed E-state index contributed by atoms with van der Waals surface area (Å²) in [5.41, 5.74) is 0.486. The lowest BCUT2D eigenvalue weighted by Crippen LogP contribution is -2.25. The maximum Gasteiger partial charge on any atom is 0.354 e. The number of aromatic carboxylic acids is 1. The summed E-state index contributed by atoms with van der Waals surface area (Å²) in [6, 6.07) is 6.96. The molecule has 0 spiro atoms. The minimum absolute atomic E-state index is 0.138. The SMILES string of the molecule is O=C(NCc1ccc(Cl)cc1)c1nc[nH]c1C(=O)O. The molecule has 0 aliphatic carbocycles. The number of nitrogens with one attached hydrogen (secondary N) is 2. The second-order valence-corrected chi connectivity index (χ2v) is 4.18. The van der Waals surface area contributed by atoms with E-state index in [1.54, 1.807) is 24.3 Å². The predicted molar refractivity (Wildman–Crippen MR) is 68.2 cm³/mol. The molecule has 0 fully saturated rings. The molecular weight excluding hydrogens is 270 g/mol. The number of hydrogen-bond acceptors (Lipinski definition) is 3. The zero-order valence-electron chi connectivity index (χ0n) is 9.68. The van der Waals surface area contributed by atoms with Gasteiger partial charge in [0.2, 0.25) is 0 Å². The Labute approximate surface area is 113 Å². The van der Waals surface area contributed by atoms with Crippen molar-refractivity contribution < 1.29 is 14.7 Å². The summed E-state index contributed by atoms with van der Waals surface area (Å²) in [6.45, 7) is 0.266. The standard InChI is InChI=1S/C12H10ClN3O3/c13-8-3-1-7(2-4-8)5-14-11(17)9-10(12(18)19)16-6-15-9/h1-4,6H,5H2,(H,14,17)(H,15,16)(H,18,19). The van der Waals surface area contributed by atoms with Gasteiger partial charge >= 0.3 is 5.97 Å². The highest BCUT2D eigenvalue weighted by Crippen LogP contribution is 2.09. The number of hydrogen-bond donors (Lipinski definition) is 3. The zero-order chi connectivity index (χ0) is 13.8. The molecule has 2 aromatic rings. The molecule has 1 aromatic carbocycles. The number of H-pyrrole nitrogens is 1. The largest absolute Gasteiger partial charge is 0.477 e. The molecule has 0 saturated carbocycles. The Morgan fingerprint density at radius 1 is 1.32 bits per heavy atom. The highest BCUT2D eigenvalue weighted by Gasteiger charge is 2.19. The smallest absolute Gasteiger partial charge is 0.354 e. The summed E-state index contributed by atoms with van der Waals surface area (Å²) < 4.78 is 0. The van der Waals surface area contributed by atoms with E-state index in [0.29, 0.717) is 5.02 Å². The average molecular weight is 280 g/mol. The predicted octanol–water partition coefficient (Wildman–Crippen LogP) is 1.69. The van der Waals surface area contributed by atoms with Crippen LogP contribution in [0.5, 0.6) is 0 Å². The monoisotopic (exact) mass is 279 g/mol. The summed E-state index contributed by atoms with van der Waals surface area (Å²) in [5, 5.41) is 12.0. The van der Waals surface area contributed by atoms with Crippen LogP contribution in [-0.4, -0.2) is 27.0 Å². The van der Waals surface area contributed by atoms with Gasteiger partial charge in [0.05, 0.1) is 6.33 Å². The van der Waals surface area contributed by atoms with Crippen molar-refractivity contribution in [1.29, 1.82) is 0 Å². The number of aromatic amines is 1. The second-order valence-electron chi connectivity index (χ2n) is 3.74. The van der Waals surface area contributed by atoms with Crippen LogP contribution in [-0.2, 0) is 6.54 Å². The molecular formula is C12H10ClN3O3. The van der Waals surface area contributed by atoms with Crippen molar-refractivity contribution in [2.75, 3.05) is 0 Å².